The molecule has 4 atom stereocenters. The summed E-state index contributed by atoms with van der Waals surface area (Å²) in [5.74, 6) is 3.09. The van der Waals surface area contributed by atoms with E-state index in [2.05, 4.69) is 70.7 Å². The molecule has 2 aliphatic carbocycles. The maximum absolute atomic E-state index is 12.4. The van der Waals surface area contributed by atoms with Crippen molar-refractivity contribution in [1.29, 1.82) is 0 Å². The van der Waals surface area contributed by atoms with Crippen LogP contribution in [0.1, 0.15) is 162 Å². The van der Waals surface area contributed by atoms with E-state index in [1.165, 1.54) is 11.1 Å². The summed E-state index contributed by atoms with van der Waals surface area (Å²) in [5.41, 5.74) is 3.41. The maximum atomic E-state index is 12.4. The molecule has 2 aromatic carbocycles. The number of aryl methyl sites for hydroxylation is 4. The Morgan fingerprint density at radius 3 is 1.46 bits per heavy atom. The zero-order valence-electron chi connectivity index (χ0n) is 42.8. The van der Waals surface area contributed by atoms with E-state index in [4.69, 9.17) is 32.5 Å². The molecule has 2 fully saturated rings. The Bertz CT molecular complexity index is 2140. The summed E-state index contributed by atoms with van der Waals surface area (Å²) in [6, 6.07) is 16.4. The van der Waals surface area contributed by atoms with Gasteiger partial charge < -0.3 is 37.6 Å². The first-order valence-electron chi connectivity index (χ1n) is 23.9. The number of benzene rings is 2. The molecule has 2 aromatic heterocycles. The van der Waals surface area contributed by atoms with Crippen molar-refractivity contribution in [1.82, 2.24) is 9.97 Å². The van der Waals surface area contributed by atoms with Gasteiger partial charge in [0.1, 0.15) is 28.4 Å². The average molecular weight is 1060 g/mol. The van der Waals surface area contributed by atoms with E-state index < -0.39 is 22.4 Å². The molecule has 4 aromatic rings. The van der Waals surface area contributed by atoms with E-state index in [0.717, 1.165) is 95.7 Å². The Labute approximate surface area is 421 Å². The van der Waals surface area contributed by atoms with Crippen LogP contribution >= 0.6 is 22.6 Å². The van der Waals surface area contributed by atoms with Gasteiger partial charge in [-0.3, -0.25) is 0 Å². The van der Waals surface area contributed by atoms with Gasteiger partial charge in [-0.2, -0.15) is 0 Å². The highest BCUT2D eigenvalue weighted by atomic mass is 127. The number of oxazole rings is 2. The number of ether oxygens (including phenoxy) is 5. The largest absolute Gasteiger partial charge is 0.458 e. The summed E-state index contributed by atoms with van der Waals surface area (Å²) < 4.78 is 41.2. The summed E-state index contributed by atoms with van der Waals surface area (Å²) in [6.07, 6.45) is 7.76. The first kappa shape index (κ1) is 58.7. The SMILES string of the molecule is C.CC(C)(C)OC(=O)C(C)(C)OCC1CCCC(O)C1.Cc1ccc(-c2nc(CI)c(C)o2)cc1.Cc1ccc(-c2nc(COC3CCCC(COC(C)(C)C(=O)OC(C)(C)C)C3)c(C)o2)cc1. The first-order valence-corrected chi connectivity index (χ1v) is 25.4. The highest BCUT2D eigenvalue weighted by Crippen LogP contribution is 2.31. The zero-order chi connectivity index (χ0) is 49.7. The van der Waals surface area contributed by atoms with E-state index >= 15 is 0 Å². The van der Waals surface area contributed by atoms with Gasteiger partial charge in [-0.25, -0.2) is 19.6 Å². The van der Waals surface area contributed by atoms with Gasteiger partial charge in [0.25, 0.3) is 0 Å². The van der Waals surface area contributed by atoms with Crippen molar-refractivity contribution in [2.45, 2.75) is 201 Å². The Morgan fingerprint density at radius 1 is 0.632 bits per heavy atom. The molecule has 0 radical (unpaired) electrons. The van der Waals surface area contributed by atoms with Crippen molar-refractivity contribution < 1.29 is 47.2 Å². The van der Waals surface area contributed by atoms with Crippen molar-refractivity contribution in [3.8, 4) is 22.9 Å². The molecule has 2 heterocycles. The number of aromatic nitrogens is 2. The number of aliphatic hydroxyl groups excluding tert-OH is 1. The lowest BCUT2D eigenvalue weighted by atomic mass is 9.87. The van der Waals surface area contributed by atoms with Crippen LogP contribution in [0.25, 0.3) is 22.9 Å². The summed E-state index contributed by atoms with van der Waals surface area (Å²) in [4.78, 5) is 33.6. The first-order chi connectivity index (χ1) is 31.2. The Kier molecular flexibility index (Phi) is 22.4. The van der Waals surface area contributed by atoms with Gasteiger partial charge in [0.2, 0.25) is 11.8 Å². The van der Waals surface area contributed by atoms with Crippen molar-refractivity contribution in [2.75, 3.05) is 13.2 Å². The standard InChI is InChI=1S/C27H39NO5.C15H28O4.C12H12INO.CH4/c1-18-11-13-21(14-12-18)24-28-23(19(2)32-24)17-30-22-10-8-9-20(15-22)16-31-27(6,7)25(29)33-26(3,4)5;1-14(2,3)19-13(17)15(4,5)18-10-11-7-6-8-12(16)9-11;1-8-3-5-10(6-4-8)12-14-11(7-13)9(2)15-12;/h11-14,20,22H,8-10,15-17H2,1-7H3;11-12,16H,6-10H2,1-5H3;3-6H,7H2,1-2H3;1H4. The normalized spacial score (nSPS) is 18.8. The molecule has 380 valence electrons. The summed E-state index contributed by atoms with van der Waals surface area (Å²) in [6.45, 7) is 27.6. The van der Waals surface area contributed by atoms with Crippen LogP contribution < -0.4 is 0 Å². The third-order valence-electron chi connectivity index (χ3n) is 11.6. The van der Waals surface area contributed by atoms with Gasteiger partial charge >= 0.3 is 11.9 Å². The molecule has 0 amide bonds. The molecule has 13 heteroatoms. The number of esters is 2. The van der Waals surface area contributed by atoms with Gasteiger partial charge in [0.05, 0.1) is 37.7 Å². The van der Waals surface area contributed by atoms with Crippen molar-refractivity contribution in [3.05, 3.63) is 82.6 Å². The molecule has 1 N–H and O–H groups in total. The van der Waals surface area contributed by atoms with Crippen LogP contribution in [-0.2, 0) is 44.3 Å². The second kappa shape index (κ2) is 26.0. The number of carbonyl (C=O) groups excluding carboxylic acids is 2. The number of alkyl halides is 1. The minimum atomic E-state index is -0.967. The molecular formula is C55H83IN2O10. The molecule has 2 saturated carbocycles. The minimum absolute atomic E-state index is 0. The lowest BCUT2D eigenvalue weighted by Crippen LogP contribution is -2.42. The van der Waals surface area contributed by atoms with Crippen LogP contribution in [0.4, 0.5) is 0 Å². The number of aliphatic hydroxyl groups is 1. The van der Waals surface area contributed by atoms with Crippen molar-refractivity contribution >= 4 is 34.5 Å². The molecule has 4 unspecified atom stereocenters. The average Bonchev–Trinajstić information content (AvgIpc) is 3.82. The predicted octanol–water partition coefficient (Wildman–Crippen LogP) is 13.4. The molecule has 2 aliphatic rings. The minimum Gasteiger partial charge on any atom is -0.458 e. The summed E-state index contributed by atoms with van der Waals surface area (Å²) >= 11 is 2.29. The van der Waals surface area contributed by atoms with E-state index in [-0.39, 0.29) is 31.6 Å². The lowest BCUT2D eigenvalue weighted by molar-refractivity contribution is -0.182. The van der Waals surface area contributed by atoms with E-state index in [0.29, 0.717) is 37.5 Å². The highest BCUT2D eigenvalue weighted by Gasteiger charge is 2.36. The third-order valence-corrected chi connectivity index (χ3v) is 12.3. The molecule has 0 spiro atoms. The maximum Gasteiger partial charge on any atom is 0.338 e. The van der Waals surface area contributed by atoms with Crippen LogP contribution in [0.2, 0.25) is 0 Å². The lowest BCUT2D eigenvalue weighted by Gasteiger charge is -2.33. The monoisotopic (exact) mass is 1060 g/mol. The van der Waals surface area contributed by atoms with Crippen LogP contribution in [-0.4, -0.2) is 74.8 Å². The van der Waals surface area contributed by atoms with Crippen molar-refractivity contribution in [3.63, 3.8) is 0 Å². The number of hydrogen-bond donors (Lipinski definition) is 1. The Balaban J connectivity index is 0.000000296. The molecule has 0 aliphatic heterocycles. The number of hydrogen-bond acceptors (Lipinski definition) is 12. The number of nitrogens with zero attached hydrogens (tertiary/aromatic N) is 2. The van der Waals surface area contributed by atoms with Crippen LogP contribution in [0.15, 0.2) is 57.4 Å². The van der Waals surface area contributed by atoms with Crippen molar-refractivity contribution in [2.24, 2.45) is 11.8 Å². The third kappa shape index (κ3) is 19.6. The van der Waals surface area contributed by atoms with Gasteiger partial charge in [0.15, 0.2) is 11.2 Å². The van der Waals surface area contributed by atoms with Crippen LogP contribution in [0, 0.1) is 39.5 Å². The fraction of sp³-hybridized carbons (Fsp3) is 0.636. The van der Waals surface area contributed by atoms with Gasteiger partial charge in [-0.05, 0) is 172 Å². The van der Waals surface area contributed by atoms with E-state index in [1.807, 2.05) is 79.7 Å². The fourth-order valence-corrected chi connectivity index (χ4v) is 8.19. The Morgan fingerprint density at radius 2 is 1.04 bits per heavy atom. The van der Waals surface area contributed by atoms with Crippen LogP contribution in [0.5, 0.6) is 0 Å². The van der Waals surface area contributed by atoms with E-state index in [9.17, 15) is 14.7 Å². The second-order valence-electron chi connectivity index (χ2n) is 21.2. The molecule has 0 saturated heterocycles. The molecule has 12 nitrogen and oxygen atoms in total. The highest BCUT2D eigenvalue weighted by molar-refractivity contribution is 14.1. The molecule has 0 bridgehead atoms. The smallest absolute Gasteiger partial charge is 0.338 e. The summed E-state index contributed by atoms with van der Waals surface area (Å²) in [5, 5.41) is 9.62. The van der Waals surface area contributed by atoms with Gasteiger partial charge in [-0.15, -0.1) is 0 Å². The predicted molar refractivity (Wildman–Crippen MR) is 278 cm³/mol. The Hall–Kier alpha value is -3.63. The topological polar surface area (TPSA) is 153 Å². The molecule has 6 rings (SSSR count). The summed E-state index contributed by atoms with van der Waals surface area (Å²) in [7, 11) is 0. The zero-order valence-corrected chi connectivity index (χ0v) is 45.0. The number of carbonyl (C=O) groups is 2. The van der Waals surface area contributed by atoms with Gasteiger partial charge in [-0.1, -0.05) is 78.3 Å². The van der Waals surface area contributed by atoms with E-state index in [1.54, 1.807) is 27.7 Å². The fourth-order valence-electron chi connectivity index (χ4n) is 7.48. The second-order valence-corrected chi connectivity index (χ2v) is 22.0. The molecule has 68 heavy (non-hydrogen) atoms. The number of halogens is 1. The van der Waals surface area contributed by atoms with Gasteiger partial charge in [0, 0.05) is 15.6 Å². The number of rotatable bonds is 14. The van der Waals surface area contributed by atoms with Crippen LogP contribution in [0.3, 0.4) is 0 Å². The quantitative estimate of drug-likeness (QED) is 0.0726. The molecular weight excluding hydrogens is 976 g/mol.